The number of nitrogens with two attached hydrogens (primary N) is 1. The van der Waals surface area contributed by atoms with Crippen LogP contribution in [0.25, 0.3) is 11.1 Å². The quantitative estimate of drug-likeness (QED) is 0.788. The number of ether oxygens (including phenoxy) is 1. The Bertz CT molecular complexity index is 789. The van der Waals surface area contributed by atoms with Gasteiger partial charge in [-0.1, -0.05) is 19.1 Å². The summed E-state index contributed by atoms with van der Waals surface area (Å²) < 4.78 is 44.6. The van der Waals surface area contributed by atoms with Crippen LogP contribution in [0.15, 0.2) is 36.4 Å². The highest BCUT2D eigenvalue weighted by Gasteiger charge is 2.31. The number of primary amides is 1. The molecule has 0 unspecified atom stereocenters. The lowest BCUT2D eigenvalue weighted by molar-refractivity contribution is -0.137. The Kier molecular flexibility index (Phi) is 6.26. The third-order valence-corrected chi connectivity index (χ3v) is 3.93. The van der Waals surface area contributed by atoms with E-state index in [1.165, 1.54) is 13.2 Å². The molecule has 140 valence electrons. The average Bonchev–Trinajstić information content (AvgIpc) is 2.58. The van der Waals surface area contributed by atoms with E-state index in [0.717, 1.165) is 12.1 Å². The van der Waals surface area contributed by atoms with Crippen LogP contribution >= 0.6 is 0 Å². The average molecular weight is 366 g/mol. The number of carbonyl (C=O) groups excluding carboxylic acids is 1. The number of alkyl halides is 3. The summed E-state index contributed by atoms with van der Waals surface area (Å²) in [6, 6.07) is 8.73. The van der Waals surface area contributed by atoms with Gasteiger partial charge in [-0.15, -0.1) is 0 Å². The first-order chi connectivity index (χ1) is 12.3. The lowest BCUT2D eigenvalue weighted by Crippen LogP contribution is -2.15. The van der Waals surface area contributed by atoms with Crippen molar-refractivity contribution < 1.29 is 22.7 Å². The van der Waals surface area contributed by atoms with Crippen LogP contribution < -0.4 is 15.8 Å². The van der Waals surface area contributed by atoms with Crippen molar-refractivity contribution in [3.8, 4) is 16.9 Å². The normalized spacial score (nSPS) is 11.4. The van der Waals surface area contributed by atoms with Crippen molar-refractivity contribution in [1.29, 1.82) is 0 Å². The maximum Gasteiger partial charge on any atom is 0.416 e. The van der Waals surface area contributed by atoms with Gasteiger partial charge in [0.2, 0.25) is 5.91 Å². The Labute approximate surface area is 150 Å². The zero-order valence-electron chi connectivity index (χ0n) is 14.6. The number of amides is 1. The smallest absolute Gasteiger partial charge is 0.416 e. The number of benzene rings is 2. The van der Waals surface area contributed by atoms with Gasteiger partial charge >= 0.3 is 6.18 Å². The van der Waals surface area contributed by atoms with E-state index < -0.39 is 17.6 Å². The van der Waals surface area contributed by atoms with Gasteiger partial charge in [0, 0.05) is 12.1 Å². The van der Waals surface area contributed by atoms with Gasteiger partial charge in [-0.3, -0.25) is 4.79 Å². The Morgan fingerprint density at radius 1 is 1.15 bits per heavy atom. The van der Waals surface area contributed by atoms with Crippen molar-refractivity contribution in [3.05, 3.63) is 53.1 Å². The van der Waals surface area contributed by atoms with E-state index in [-0.39, 0.29) is 13.0 Å². The van der Waals surface area contributed by atoms with Crippen LogP contribution in [0.3, 0.4) is 0 Å². The first kappa shape index (κ1) is 19.8. The second-order valence-electron chi connectivity index (χ2n) is 5.83. The molecule has 0 aliphatic heterocycles. The Morgan fingerprint density at radius 3 is 2.46 bits per heavy atom. The number of rotatable bonds is 7. The molecule has 0 radical (unpaired) electrons. The molecule has 0 atom stereocenters. The van der Waals surface area contributed by atoms with Crippen LogP contribution in [0.4, 0.5) is 13.2 Å². The van der Waals surface area contributed by atoms with Crippen molar-refractivity contribution in [2.45, 2.75) is 26.1 Å². The van der Waals surface area contributed by atoms with Crippen molar-refractivity contribution in [1.82, 2.24) is 5.32 Å². The number of hydrogen-bond donors (Lipinski definition) is 2. The summed E-state index contributed by atoms with van der Waals surface area (Å²) in [5.41, 5.74) is 6.93. The Morgan fingerprint density at radius 2 is 1.88 bits per heavy atom. The Balaban J connectivity index is 2.59. The molecule has 0 spiro atoms. The SMILES string of the molecule is CCNCc1cc(C(F)(F)F)ccc1-c1cc(CC(N)=O)ccc1OC. The number of carbonyl (C=O) groups is 1. The number of methoxy groups -OCH3 is 1. The molecule has 2 aromatic rings. The summed E-state index contributed by atoms with van der Waals surface area (Å²) in [5, 5.41) is 3.06. The minimum Gasteiger partial charge on any atom is -0.496 e. The lowest BCUT2D eigenvalue weighted by atomic mass is 9.94. The third kappa shape index (κ3) is 4.76. The lowest BCUT2D eigenvalue weighted by Gasteiger charge is -2.17. The van der Waals surface area contributed by atoms with E-state index in [1.54, 1.807) is 18.2 Å². The summed E-state index contributed by atoms with van der Waals surface area (Å²) in [7, 11) is 1.49. The minimum atomic E-state index is -4.42. The molecule has 3 N–H and O–H groups in total. The predicted molar refractivity (Wildman–Crippen MR) is 93.7 cm³/mol. The molecule has 0 aliphatic rings. The second kappa shape index (κ2) is 8.23. The van der Waals surface area contributed by atoms with Gasteiger partial charge in [0.25, 0.3) is 0 Å². The van der Waals surface area contributed by atoms with Crippen molar-refractivity contribution >= 4 is 5.91 Å². The van der Waals surface area contributed by atoms with E-state index >= 15 is 0 Å². The van der Waals surface area contributed by atoms with E-state index in [9.17, 15) is 18.0 Å². The highest BCUT2D eigenvalue weighted by atomic mass is 19.4. The minimum absolute atomic E-state index is 0.0418. The van der Waals surface area contributed by atoms with E-state index in [0.29, 0.717) is 34.5 Å². The van der Waals surface area contributed by atoms with Crippen molar-refractivity contribution in [3.63, 3.8) is 0 Å². The van der Waals surface area contributed by atoms with Gasteiger partial charge in [0.1, 0.15) is 5.75 Å². The number of halogens is 3. The van der Waals surface area contributed by atoms with Gasteiger partial charge in [-0.2, -0.15) is 13.2 Å². The third-order valence-electron chi connectivity index (χ3n) is 3.93. The van der Waals surface area contributed by atoms with Gasteiger partial charge in [0.15, 0.2) is 0 Å². The molecule has 1 amide bonds. The molecule has 0 heterocycles. The monoisotopic (exact) mass is 366 g/mol. The topological polar surface area (TPSA) is 64.3 Å². The van der Waals surface area contributed by atoms with Crippen LogP contribution in [0, 0.1) is 0 Å². The van der Waals surface area contributed by atoms with Gasteiger partial charge in [-0.05, 0) is 47.5 Å². The molecular weight excluding hydrogens is 345 g/mol. The molecule has 26 heavy (non-hydrogen) atoms. The molecule has 0 saturated carbocycles. The summed E-state index contributed by atoms with van der Waals surface area (Å²) >= 11 is 0. The van der Waals surface area contributed by atoms with E-state index in [4.69, 9.17) is 10.5 Å². The van der Waals surface area contributed by atoms with Gasteiger partial charge in [-0.25, -0.2) is 0 Å². The van der Waals surface area contributed by atoms with Crippen LogP contribution in [-0.2, 0) is 23.9 Å². The highest BCUT2D eigenvalue weighted by molar-refractivity contribution is 5.79. The Hall–Kier alpha value is -2.54. The number of hydrogen-bond acceptors (Lipinski definition) is 3. The van der Waals surface area contributed by atoms with Gasteiger partial charge in [0.05, 0.1) is 19.1 Å². The largest absolute Gasteiger partial charge is 0.496 e. The zero-order chi connectivity index (χ0) is 19.3. The summed E-state index contributed by atoms with van der Waals surface area (Å²) in [4.78, 5) is 11.2. The van der Waals surface area contributed by atoms with E-state index in [1.807, 2.05) is 6.92 Å². The summed E-state index contributed by atoms with van der Waals surface area (Å²) in [5.74, 6) is 0.0251. The summed E-state index contributed by atoms with van der Waals surface area (Å²) in [6.07, 6.45) is -4.38. The van der Waals surface area contributed by atoms with Gasteiger partial charge < -0.3 is 15.8 Å². The molecular formula is C19H21F3N2O2. The molecule has 2 rings (SSSR count). The molecule has 0 saturated heterocycles. The molecule has 0 fully saturated rings. The molecule has 0 aliphatic carbocycles. The number of nitrogens with one attached hydrogen (secondary N) is 1. The van der Waals surface area contributed by atoms with Crippen LogP contribution in [0.1, 0.15) is 23.6 Å². The van der Waals surface area contributed by atoms with Crippen molar-refractivity contribution in [2.24, 2.45) is 5.73 Å². The molecule has 2 aromatic carbocycles. The predicted octanol–water partition coefficient (Wildman–Crippen LogP) is 3.52. The maximum absolute atomic E-state index is 13.1. The van der Waals surface area contributed by atoms with Crippen LogP contribution in [0.5, 0.6) is 5.75 Å². The first-order valence-corrected chi connectivity index (χ1v) is 8.12. The molecule has 0 bridgehead atoms. The fraction of sp³-hybridized carbons (Fsp3) is 0.316. The van der Waals surface area contributed by atoms with Crippen molar-refractivity contribution in [2.75, 3.05) is 13.7 Å². The second-order valence-corrected chi connectivity index (χ2v) is 5.83. The molecule has 4 nitrogen and oxygen atoms in total. The van der Waals surface area contributed by atoms with E-state index in [2.05, 4.69) is 5.32 Å². The fourth-order valence-corrected chi connectivity index (χ4v) is 2.72. The zero-order valence-corrected chi connectivity index (χ0v) is 14.6. The molecule has 7 heteroatoms. The maximum atomic E-state index is 13.1. The standard InChI is InChI=1S/C19H21F3N2O2/c1-3-24-11-13-10-14(19(20,21)22)5-6-15(13)16-8-12(9-18(23)25)4-7-17(16)26-2/h4-8,10,24H,3,9,11H2,1-2H3,(H2,23,25). The fourth-order valence-electron chi connectivity index (χ4n) is 2.72. The first-order valence-electron chi connectivity index (χ1n) is 8.12. The van der Waals surface area contributed by atoms with Crippen LogP contribution in [0.2, 0.25) is 0 Å². The van der Waals surface area contributed by atoms with Crippen LogP contribution in [-0.4, -0.2) is 19.6 Å². The molecule has 0 aromatic heterocycles. The summed E-state index contributed by atoms with van der Waals surface area (Å²) in [6.45, 7) is 2.77. The highest BCUT2D eigenvalue weighted by Crippen LogP contribution is 2.37.